The maximum absolute atomic E-state index is 10.4. The maximum Gasteiger partial charge on any atom is 0.273 e. The molecule has 1 saturated carbocycles. The second-order valence-electron chi connectivity index (χ2n) is 3.73. The highest BCUT2D eigenvalue weighted by Gasteiger charge is 2.20. The van der Waals surface area contributed by atoms with Gasteiger partial charge in [-0.3, -0.25) is 10.1 Å². The number of aromatic hydroxyl groups is 1. The molecule has 15 heavy (non-hydrogen) atoms. The summed E-state index contributed by atoms with van der Waals surface area (Å²) in [6.07, 6.45) is 2.35. The van der Waals surface area contributed by atoms with E-state index in [1.54, 1.807) is 6.07 Å². The van der Waals surface area contributed by atoms with Gasteiger partial charge in [-0.05, 0) is 18.9 Å². The van der Waals surface area contributed by atoms with Crippen LogP contribution in [0.3, 0.4) is 0 Å². The number of phenols is 1. The largest absolute Gasteiger partial charge is 0.507 e. The molecule has 2 rings (SSSR count). The van der Waals surface area contributed by atoms with E-state index in [2.05, 4.69) is 5.32 Å². The Bertz CT molecular complexity index is 388. The van der Waals surface area contributed by atoms with E-state index in [4.69, 9.17) is 0 Å². The summed E-state index contributed by atoms with van der Waals surface area (Å²) < 4.78 is 0. The Morgan fingerprint density at radius 3 is 2.80 bits per heavy atom. The molecule has 1 aliphatic carbocycles. The normalized spacial score (nSPS) is 15.2. The molecule has 5 nitrogen and oxygen atoms in total. The third-order valence-electron chi connectivity index (χ3n) is 2.44. The standard InChI is InChI=1S/C10H12N2O3/c13-10-5-9(12(14)15)4-1-7(10)6-11-8-2-3-8/h1,4-5,8,11,13H,2-3,6H2. The van der Waals surface area contributed by atoms with Crippen molar-refractivity contribution in [3.05, 3.63) is 33.9 Å². The molecule has 0 heterocycles. The van der Waals surface area contributed by atoms with E-state index in [1.807, 2.05) is 0 Å². The number of nitro groups is 1. The number of phenolic OH excluding ortho intramolecular Hbond substituents is 1. The van der Waals surface area contributed by atoms with Crippen molar-refractivity contribution in [2.45, 2.75) is 25.4 Å². The number of nitro benzene ring substituents is 1. The van der Waals surface area contributed by atoms with Crippen LogP contribution in [-0.4, -0.2) is 16.1 Å². The molecule has 0 bridgehead atoms. The Morgan fingerprint density at radius 1 is 1.53 bits per heavy atom. The van der Waals surface area contributed by atoms with Crippen molar-refractivity contribution < 1.29 is 10.0 Å². The summed E-state index contributed by atoms with van der Waals surface area (Å²) in [6, 6.07) is 4.73. The van der Waals surface area contributed by atoms with E-state index >= 15 is 0 Å². The van der Waals surface area contributed by atoms with Crippen LogP contribution in [0.2, 0.25) is 0 Å². The second kappa shape index (κ2) is 3.86. The zero-order valence-corrected chi connectivity index (χ0v) is 8.14. The van der Waals surface area contributed by atoms with Crippen molar-refractivity contribution in [2.75, 3.05) is 0 Å². The molecule has 2 N–H and O–H groups in total. The number of rotatable bonds is 4. The van der Waals surface area contributed by atoms with Gasteiger partial charge in [-0.2, -0.15) is 0 Å². The Balaban J connectivity index is 2.07. The summed E-state index contributed by atoms with van der Waals surface area (Å²) in [6.45, 7) is 0.564. The highest BCUT2D eigenvalue weighted by molar-refractivity contribution is 5.43. The fourth-order valence-electron chi connectivity index (χ4n) is 1.36. The molecule has 0 atom stereocenters. The van der Waals surface area contributed by atoms with Crippen LogP contribution in [0.4, 0.5) is 5.69 Å². The van der Waals surface area contributed by atoms with Gasteiger partial charge in [0.25, 0.3) is 5.69 Å². The van der Waals surface area contributed by atoms with Crippen LogP contribution in [0.25, 0.3) is 0 Å². The predicted octanol–water partition coefficient (Wildman–Crippen LogP) is 1.55. The fourth-order valence-corrected chi connectivity index (χ4v) is 1.36. The highest BCUT2D eigenvalue weighted by Crippen LogP contribution is 2.25. The van der Waals surface area contributed by atoms with Gasteiger partial charge in [0, 0.05) is 24.2 Å². The summed E-state index contributed by atoms with van der Waals surface area (Å²) in [5.41, 5.74) is 0.621. The smallest absolute Gasteiger partial charge is 0.273 e. The Labute approximate surface area is 86.9 Å². The molecule has 0 spiro atoms. The minimum Gasteiger partial charge on any atom is -0.507 e. The molecule has 0 radical (unpaired) electrons. The number of hydrogen-bond donors (Lipinski definition) is 2. The molecule has 5 heteroatoms. The molecule has 0 amide bonds. The van der Waals surface area contributed by atoms with Crippen LogP contribution >= 0.6 is 0 Å². The number of non-ortho nitro benzene ring substituents is 1. The third-order valence-corrected chi connectivity index (χ3v) is 2.44. The first-order valence-electron chi connectivity index (χ1n) is 4.86. The van der Waals surface area contributed by atoms with E-state index in [9.17, 15) is 15.2 Å². The molecule has 0 unspecified atom stereocenters. The first-order valence-corrected chi connectivity index (χ1v) is 4.86. The van der Waals surface area contributed by atoms with E-state index < -0.39 is 4.92 Å². The molecule has 1 fully saturated rings. The average molecular weight is 208 g/mol. The van der Waals surface area contributed by atoms with Crippen LogP contribution in [0.1, 0.15) is 18.4 Å². The third kappa shape index (κ3) is 2.44. The quantitative estimate of drug-likeness (QED) is 0.581. The highest BCUT2D eigenvalue weighted by atomic mass is 16.6. The molecule has 0 aliphatic heterocycles. The van der Waals surface area contributed by atoms with E-state index in [-0.39, 0.29) is 11.4 Å². The van der Waals surface area contributed by atoms with Crippen molar-refractivity contribution in [1.82, 2.24) is 5.32 Å². The number of nitrogens with one attached hydrogen (secondary N) is 1. The van der Waals surface area contributed by atoms with Gasteiger partial charge < -0.3 is 10.4 Å². The molecule has 80 valence electrons. The molecule has 1 aromatic rings. The van der Waals surface area contributed by atoms with Crippen LogP contribution < -0.4 is 5.32 Å². The summed E-state index contributed by atoms with van der Waals surface area (Å²) in [7, 11) is 0. The lowest BCUT2D eigenvalue weighted by Crippen LogP contribution is -2.15. The summed E-state index contributed by atoms with van der Waals surface area (Å²) >= 11 is 0. The SMILES string of the molecule is O=[N+]([O-])c1ccc(CNC2CC2)c(O)c1. The minimum atomic E-state index is -0.516. The van der Waals surface area contributed by atoms with Crippen LogP contribution in [-0.2, 0) is 6.54 Å². The van der Waals surface area contributed by atoms with Gasteiger partial charge in [-0.1, -0.05) is 0 Å². The van der Waals surface area contributed by atoms with Crippen LogP contribution in [0.5, 0.6) is 5.75 Å². The lowest BCUT2D eigenvalue weighted by molar-refractivity contribution is -0.384. The molecule has 1 aliphatic rings. The fraction of sp³-hybridized carbons (Fsp3) is 0.400. The summed E-state index contributed by atoms with van der Waals surface area (Å²) in [5, 5.41) is 23.2. The van der Waals surface area contributed by atoms with Crippen molar-refractivity contribution in [2.24, 2.45) is 0 Å². The van der Waals surface area contributed by atoms with Gasteiger partial charge in [0.15, 0.2) is 0 Å². The van der Waals surface area contributed by atoms with Gasteiger partial charge in [-0.25, -0.2) is 0 Å². The van der Waals surface area contributed by atoms with Gasteiger partial charge in [0.1, 0.15) is 5.75 Å². The maximum atomic E-state index is 10.4. The zero-order valence-electron chi connectivity index (χ0n) is 8.14. The van der Waals surface area contributed by atoms with Gasteiger partial charge in [-0.15, -0.1) is 0 Å². The molecular weight excluding hydrogens is 196 g/mol. The molecule has 0 saturated heterocycles. The molecule has 1 aromatic carbocycles. The molecule has 0 aromatic heterocycles. The lowest BCUT2D eigenvalue weighted by atomic mass is 10.2. The van der Waals surface area contributed by atoms with Gasteiger partial charge >= 0.3 is 0 Å². The minimum absolute atomic E-state index is 0.0163. The number of benzene rings is 1. The van der Waals surface area contributed by atoms with Crippen molar-refractivity contribution in [3.8, 4) is 5.75 Å². The number of hydrogen-bond acceptors (Lipinski definition) is 4. The Morgan fingerprint density at radius 2 is 2.27 bits per heavy atom. The van der Waals surface area contributed by atoms with Crippen molar-refractivity contribution in [3.63, 3.8) is 0 Å². The van der Waals surface area contributed by atoms with Crippen molar-refractivity contribution >= 4 is 5.69 Å². The van der Waals surface area contributed by atoms with Gasteiger partial charge in [0.05, 0.1) is 11.0 Å². The molecular formula is C10H12N2O3. The van der Waals surface area contributed by atoms with E-state index in [0.717, 1.165) is 0 Å². The van der Waals surface area contributed by atoms with Crippen molar-refractivity contribution in [1.29, 1.82) is 0 Å². The Kier molecular flexibility index (Phi) is 2.55. The van der Waals surface area contributed by atoms with E-state index in [1.165, 1.54) is 25.0 Å². The average Bonchev–Trinajstić information content (AvgIpc) is 2.99. The van der Waals surface area contributed by atoms with E-state index in [0.29, 0.717) is 18.2 Å². The second-order valence-corrected chi connectivity index (χ2v) is 3.73. The lowest BCUT2D eigenvalue weighted by Gasteiger charge is -2.05. The van der Waals surface area contributed by atoms with Crippen LogP contribution in [0, 0.1) is 10.1 Å². The first-order chi connectivity index (χ1) is 7.16. The summed E-state index contributed by atoms with van der Waals surface area (Å²) in [4.78, 5) is 9.90. The predicted molar refractivity (Wildman–Crippen MR) is 54.6 cm³/mol. The van der Waals surface area contributed by atoms with Gasteiger partial charge in [0.2, 0.25) is 0 Å². The van der Waals surface area contributed by atoms with Crippen LogP contribution in [0.15, 0.2) is 18.2 Å². The first kappa shape index (κ1) is 9.92. The number of nitrogens with zero attached hydrogens (tertiary/aromatic N) is 1. The Hall–Kier alpha value is -1.62. The monoisotopic (exact) mass is 208 g/mol. The topological polar surface area (TPSA) is 75.4 Å². The zero-order chi connectivity index (χ0) is 10.8. The summed E-state index contributed by atoms with van der Waals surface area (Å²) in [5.74, 6) is -0.0163.